The van der Waals surface area contributed by atoms with Crippen LogP contribution in [0.25, 0.3) is 16.9 Å². The average Bonchev–Trinajstić information content (AvgIpc) is 3.38. The number of benzene rings is 1. The lowest BCUT2D eigenvalue weighted by Gasteiger charge is -2.11. The van der Waals surface area contributed by atoms with Crippen LogP contribution in [0.5, 0.6) is 0 Å². The lowest BCUT2D eigenvalue weighted by molar-refractivity contribution is -0.109. The van der Waals surface area contributed by atoms with Gasteiger partial charge in [0, 0.05) is 55.8 Å². The van der Waals surface area contributed by atoms with Crippen molar-refractivity contribution in [2.75, 3.05) is 31.3 Å². The van der Waals surface area contributed by atoms with Crippen molar-refractivity contribution in [1.29, 1.82) is 0 Å². The van der Waals surface area contributed by atoms with E-state index in [0.717, 1.165) is 41.4 Å². The molecule has 200 valence electrons. The van der Waals surface area contributed by atoms with Crippen LogP contribution >= 0.6 is 11.6 Å². The minimum atomic E-state index is -0.230. The maximum absolute atomic E-state index is 10.3. The maximum Gasteiger partial charge on any atom is 0.211 e. The Morgan fingerprint density at radius 3 is 2.79 bits per heavy atom. The van der Waals surface area contributed by atoms with Crippen molar-refractivity contribution in [3.63, 3.8) is 0 Å². The lowest BCUT2D eigenvalue weighted by Crippen LogP contribution is -2.14. The van der Waals surface area contributed by atoms with Crippen LogP contribution in [0.1, 0.15) is 5.56 Å². The van der Waals surface area contributed by atoms with Crippen LogP contribution in [-0.2, 0) is 16.0 Å². The number of nitrogens with zero attached hydrogens (tertiary/aromatic N) is 4. The van der Waals surface area contributed by atoms with E-state index in [0.29, 0.717) is 17.9 Å². The molecule has 0 aliphatic heterocycles. The van der Waals surface area contributed by atoms with Crippen LogP contribution in [0.2, 0.25) is 0 Å². The van der Waals surface area contributed by atoms with Gasteiger partial charge in [0.1, 0.15) is 5.76 Å². The molecule has 1 aromatic carbocycles. The Balaban J connectivity index is 0.000000229. The number of hydrogen-bond acceptors (Lipinski definition) is 7. The van der Waals surface area contributed by atoms with E-state index in [-0.39, 0.29) is 5.38 Å². The maximum atomic E-state index is 10.3. The molecule has 5 rings (SSSR count). The monoisotopic (exact) mass is 543 g/mol. The van der Waals surface area contributed by atoms with Crippen molar-refractivity contribution in [3.05, 3.63) is 109 Å². The van der Waals surface area contributed by atoms with Crippen molar-refractivity contribution >= 4 is 35.2 Å². The van der Waals surface area contributed by atoms with Crippen molar-refractivity contribution in [2.45, 2.75) is 11.8 Å². The molecule has 4 aromatic rings. The number of carbonyl (C=O) groups excluding carboxylic acids is 1. The Morgan fingerprint density at radius 2 is 2.03 bits per heavy atom. The Morgan fingerprint density at radius 1 is 1.18 bits per heavy atom. The molecule has 3 heterocycles. The van der Waals surface area contributed by atoms with Crippen LogP contribution < -0.4 is 16.0 Å². The number of halogens is 1. The summed E-state index contributed by atoms with van der Waals surface area (Å²) in [4.78, 5) is 23.6. The van der Waals surface area contributed by atoms with E-state index in [1.54, 1.807) is 30.5 Å². The number of rotatable bonds is 9. The summed E-state index contributed by atoms with van der Waals surface area (Å²) in [5, 5.41) is 8.89. The highest BCUT2D eigenvalue weighted by atomic mass is 35.5. The molecule has 0 radical (unpaired) electrons. The van der Waals surface area contributed by atoms with E-state index in [1.165, 1.54) is 12.7 Å². The summed E-state index contributed by atoms with van der Waals surface area (Å²) in [5.74, 6) is 1.38. The largest absolute Gasteiger partial charge is 0.495 e. The molecular weight excluding hydrogens is 514 g/mol. The number of amides is 1. The highest BCUT2D eigenvalue weighted by molar-refractivity contribution is 6.23. The number of aromatic nitrogens is 4. The number of alkyl halides is 1. The third-order valence-corrected chi connectivity index (χ3v) is 6.12. The molecule has 1 aliphatic carbocycles. The van der Waals surface area contributed by atoms with E-state index in [1.807, 2.05) is 60.5 Å². The van der Waals surface area contributed by atoms with E-state index in [2.05, 4.69) is 38.1 Å². The number of nitrogens with one attached hydrogen (secondary N) is 3. The topological polar surface area (TPSA) is 105 Å². The predicted octanol–water partition coefficient (Wildman–Crippen LogP) is 4.81. The standard InChI is InChI=1S/C20H20N6.C9H10ClNO2/c1-21-17-4-2-3-16(13-17)18-14-26-12-11-24-20(26)19(25-18)23-10-7-15-5-8-22-9-6-15;1-13-9-4-2-3-7(10)5-8(9)11-6-12/h2-6,8-9,11-14,21H,7,10H2,1H3,(H,23,25);2-7H,1H3,(H,11,12). The highest BCUT2D eigenvalue weighted by Crippen LogP contribution is 2.24. The van der Waals surface area contributed by atoms with Crippen LogP contribution in [0.3, 0.4) is 0 Å². The Bertz CT molecular complexity index is 1480. The van der Waals surface area contributed by atoms with Gasteiger partial charge >= 0.3 is 0 Å². The molecule has 3 aromatic heterocycles. The number of hydrogen-bond donors (Lipinski definition) is 3. The SMILES string of the molecule is CNc1cccc(-c2cn3ccnc3c(NCCc3ccncc3)n2)c1.COC1=CC=CC(Cl)C=C1NC=O. The summed E-state index contributed by atoms with van der Waals surface area (Å²) in [7, 11) is 3.45. The molecule has 10 heteroatoms. The van der Waals surface area contributed by atoms with Gasteiger partial charge in [0.2, 0.25) is 6.41 Å². The minimum absolute atomic E-state index is 0.230. The summed E-state index contributed by atoms with van der Waals surface area (Å²) < 4.78 is 7.05. The fraction of sp³-hybridized carbons (Fsp3) is 0.172. The number of allylic oxidation sites excluding steroid dienone is 4. The van der Waals surface area contributed by atoms with Crippen molar-refractivity contribution < 1.29 is 9.53 Å². The first-order chi connectivity index (χ1) is 19.1. The van der Waals surface area contributed by atoms with Crippen LogP contribution in [0, 0.1) is 0 Å². The van der Waals surface area contributed by atoms with E-state index in [4.69, 9.17) is 21.3 Å². The first kappa shape index (κ1) is 27.4. The number of carbonyl (C=O) groups is 1. The van der Waals surface area contributed by atoms with Crippen molar-refractivity contribution in [2.24, 2.45) is 0 Å². The third kappa shape index (κ3) is 7.45. The second-order valence-electron chi connectivity index (χ2n) is 8.40. The van der Waals surface area contributed by atoms with Crippen LogP contribution in [-0.4, -0.2) is 51.8 Å². The number of fused-ring (bicyclic) bond motifs is 1. The molecule has 0 spiro atoms. The Labute approximate surface area is 232 Å². The second kappa shape index (κ2) is 13.8. The molecule has 39 heavy (non-hydrogen) atoms. The third-order valence-electron chi connectivity index (χ3n) is 5.84. The normalized spacial score (nSPS) is 14.3. The van der Waals surface area contributed by atoms with Gasteiger partial charge in [-0.2, -0.15) is 0 Å². The first-order valence-electron chi connectivity index (χ1n) is 12.3. The first-order valence-corrected chi connectivity index (χ1v) is 12.8. The second-order valence-corrected chi connectivity index (χ2v) is 8.91. The summed E-state index contributed by atoms with van der Waals surface area (Å²) >= 11 is 5.87. The smallest absolute Gasteiger partial charge is 0.211 e. The molecule has 9 nitrogen and oxygen atoms in total. The number of pyridine rings is 1. The molecule has 3 N–H and O–H groups in total. The summed E-state index contributed by atoms with van der Waals surface area (Å²) in [6.07, 6.45) is 17.9. The van der Waals surface area contributed by atoms with Gasteiger partial charge in [-0.15, -0.1) is 11.6 Å². The zero-order chi connectivity index (χ0) is 27.5. The van der Waals surface area contributed by atoms with Gasteiger partial charge in [-0.05, 0) is 48.4 Å². The molecule has 1 unspecified atom stereocenters. The van der Waals surface area contributed by atoms with Crippen molar-refractivity contribution in [1.82, 2.24) is 24.7 Å². The Kier molecular flexibility index (Phi) is 9.68. The molecule has 1 aliphatic rings. The van der Waals surface area contributed by atoms with E-state index < -0.39 is 0 Å². The number of imidazole rings is 1. The number of ether oxygens (including phenoxy) is 1. The van der Waals surface area contributed by atoms with Gasteiger partial charge in [0.15, 0.2) is 11.5 Å². The fourth-order valence-electron chi connectivity index (χ4n) is 3.89. The highest BCUT2D eigenvalue weighted by Gasteiger charge is 2.10. The number of methoxy groups -OCH3 is 1. The lowest BCUT2D eigenvalue weighted by atomic mass is 10.1. The van der Waals surface area contributed by atoms with Gasteiger partial charge in [0.05, 0.1) is 23.9 Å². The number of anilines is 2. The van der Waals surface area contributed by atoms with E-state index in [9.17, 15) is 4.79 Å². The minimum Gasteiger partial charge on any atom is -0.495 e. The summed E-state index contributed by atoms with van der Waals surface area (Å²) in [5.41, 5.74) is 5.67. The average molecular weight is 544 g/mol. The molecule has 0 bridgehead atoms. The van der Waals surface area contributed by atoms with Gasteiger partial charge in [0.25, 0.3) is 0 Å². The van der Waals surface area contributed by atoms with Gasteiger partial charge in [-0.25, -0.2) is 9.97 Å². The molecule has 0 saturated heterocycles. The summed E-state index contributed by atoms with van der Waals surface area (Å²) in [6.45, 7) is 0.777. The van der Waals surface area contributed by atoms with Gasteiger partial charge in [-0.3, -0.25) is 9.78 Å². The van der Waals surface area contributed by atoms with Gasteiger partial charge < -0.3 is 25.1 Å². The molecule has 0 saturated carbocycles. The van der Waals surface area contributed by atoms with Crippen LogP contribution in [0.15, 0.2) is 103 Å². The Hall–Kier alpha value is -4.63. The van der Waals surface area contributed by atoms with Gasteiger partial charge in [-0.1, -0.05) is 24.3 Å². The van der Waals surface area contributed by atoms with Crippen molar-refractivity contribution in [3.8, 4) is 11.3 Å². The van der Waals surface area contributed by atoms with Crippen LogP contribution in [0.4, 0.5) is 11.5 Å². The zero-order valence-corrected chi connectivity index (χ0v) is 22.5. The zero-order valence-electron chi connectivity index (χ0n) is 21.7. The molecule has 1 amide bonds. The summed E-state index contributed by atoms with van der Waals surface area (Å²) in [6, 6.07) is 12.3. The van der Waals surface area contributed by atoms with E-state index >= 15 is 0 Å². The fourth-order valence-corrected chi connectivity index (χ4v) is 4.10. The molecule has 0 fully saturated rings. The predicted molar refractivity (Wildman–Crippen MR) is 156 cm³/mol. The molecular formula is C29H30ClN7O2. The molecule has 1 atom stereocenters. The quantitative estimate of drug-likeness (QED) is 0.205.